The maximum atomic E-state index is 12.6. The van der Waals surface area contributed by atoms with Crippen LogP contribution < -0.4 is 10.1 Å². The Morgan fingerprint density at radius 3 is 2.92 bits per heavy atom. The summed E-state index contributed by atoms with van der Waals surface area (Å²) in [5.41, 5.74) is 4.55. The molecule has 1 heterocycles. The van der Waals surface area contributed by atoms with Gasteiger partial charge in [-0.25, -0.2) is 4.98 Å². The fourth-order valence-corrected chi connectivity index (χ4v) is 4.05. The van der Waals surface area contributed by atoms with Crippen molar-refractivity contribution in [3.63, 3.8) is 0 Å². The average Bonchev–Trinajstić information content (AvgIpc) is 3.19. The first-order chi connectivity index (χ1) is 12.8. The lowest BCUT2D eigenvalue weighted by Gasteiger charge is -2.10. The monoisotopic (exact) mass is 384 g/mol. The number of thioether (sulfide) groups is 1. The summed E-state index contributed by atoms with van der Waals surface area (Å²) in [4.78, 5) is 17.9. The Kier molecular flexibility index (Phi) is 6.68. The highest BCUT2D eigenvalue weighted by Crippen LogP contribution is 2.26. The predicted octanol–water partition coefficient (Wildman–Crippen LogP) is 4.76. The minimum Gasteiger partial charge on any atom is -0.494 e. The number of nitrogens with one attached hydrogen (secondary N) is 1. The first kappa shape index (κ1) is 18.5. The first-order valence-electron chi connectivity index (χ1n) is 8.35. The van der Waals surface area contributed by atoms with E-state index in [1.54, 1.807) is 23.1 Å². The van der Waals surface area contributed by atoms with Gasteiger partial charge in [-0.15, -0.1) is 23.1 Å². The second kappa shape index (κ2) is 9.40. The maximum Gasteiger partial charge on any atom is 0.252 e. The van der Waals surface area contributed by atoms with Crippen LogP contribution in [0.1, 0.15) is 28.5 Å². The molecule has 6 heteroatoms. The number of hydrogen-bond acceptors (Lipinski definition) is 5. The summed E-state index contributed by atoms with van der Waals surface area (Å²) in [5.74, 6) is 1.50. The van der Waals surface area contributed by atoms with Crippen molar-refractivity contribution < 1.29 is 9.53 Å². The Balaban J connectivity index is 1.63. The number of aromatic nitrogens is 1. The molecule has 0 bridgehead atoms. The molecule has 0 aliphatic carbocycles. The molecule has 3 aromatic rings. The number of benzene rings is 2. The van der Waals surface area contributed by atoms with Gasteiger partial charge in [0.2, 0.25) is 0 Å². The number of ether oxygens (including phenoxy) is 1. The van der Waals surface area contributed by atoms with Gasteiger partial charge in [-0.3, -0.25) is 4.79 Å². The number of nitrogens with zero attached hydrogens (tertiary/aromatic N) is 1. The van der Waals surface area contributed by atoms with Crippen LogP contribution in [0.15, 0.2) is 64.3 Å². The Hall–Kier alpha value is -2.31. The Morgan fingerprint density at radius 2 is 2.12 bits per heavy atom. The van der Waals surface area contributed by atoms with Gasteiger partial charge >= 0.3 is 0 Å². The quantitative estimate of drug-likeness (QED) is 0.569. The molecule has 0 aliphatic rings. The zero-order chi connectivity index (χ0) is 18.2. The first-order valence-corrected chi connectivity index (χ1v) is 10.3. The minimum absolute atomic E-state index is 0.0757. The fourth-order valence-electron chi connectivity index (χ4n) is 2.43. The molecule has 4 nitrogen and oxygen atoms in total. The summed E-state index contributed by atoms with van der Waals surface area (Å²) in [7, 11) is 0. The third kappa shape index (κ3) is 5.09. The third-order valence-corrected chi connectivity index (χ3v) is 5.40. The molecular formula is C20H20N2O2S2. The zero-order valence-corrected chi connectivity index (χ0v) is 16.1. The summed E-state index contributed by atoms with van der Waals surface area (Å²) >= 11 is 3.21. The highest BCUT2D eigenvalue weighted by Gasteiger charge is 2.12. The number of rotatable bonds is 8. The van der Waals surface area contributed by atoms with E-state index >= 15 is 0 Å². The van der Waals surface area contributed by atoms with Crippen LogP contribution in [0.5, 0.6) is 5.75 Å². The second-order valence-electron chi connectivity index (χ2n) is 5.53. The molecule has 0 atom stereocenters. The molecule has 1 amide bonds. The van der Waals surface area contributed by atoms with Gasteiger partial charge in [0.15, 0.2) is 0 Å². The van der Waals surface area contributed by atoms with Gasteiger partial charge in [0.1, 0.15) is 5.75 Å². The third-order valence-electron chi connectivity index (χ3n) is 3.65. The zero-order valence-electron chi connectivity index (χ0n) is 14.5. The summed E-state index contributed by atoms with van der Waals surface area (Å²) < 4.78 is 5.50. The SMILES string of the molecule is CCOc1cccc(CNC(=O)c2ccccc2SCc2cscn2)c1. The van der Waals surface area contributed by atoms with E-state index in [4.69, 9.17) is 4.74 Å². The second-order valence-corrected chi connectivity index (χ2v) is 7.26. The van der Waals surface area contributed by atoms with Crippen molar-refractivity contribution in [1.82, 2.24) is 10.3 Å². The molecule has 2 aromatic carbocycles. The van der Waals surface area contributed by atoms with Crippen molar-refractivity contribution >= 4 is 29.0 Å². The van der Waals surface area contributed by atoms with Gasteiger partial charge in [0.25, 0.3) is 5.91 Å². The molecule has 0 aliphatic heterocycles. The number of carbonyl (C=O) groups is 1. The van der Waals surface area contributed by atoms with Crippen LogP contribution in [-0.4, -0.2) is 17.5 Å². The Bertz CT molecular complexity index is 851. The number of amides is 1. The van der Waals surface area contributed by atoms with Gasteiger partial charge in [0, 0.05) is 22.6 Å². The lowest BCUT2D eigenvalue weighted by Crippen LogP contribution is -2.23. The van der Waals surface area contributed by atoms with E-state index in [1.807, 2.05) is 66.3 Å². The molecule has 0 radical (unpaired) electrons. The topological polar surface area (TPSA) is 51.2 Å². The van der Waals surface area contributed by atoms with Gasteiger partial charge in [-0.2, -0.15) is 0 Å². The van der Waals surface area contributed by atoms with Crippen LogP contribution in [0.2, 0.25) is 0 Å². The molecule has 0 saturated heterocycles. The van der Waals surface area contributed by atoms with Gasteiger partial charge in [-0.05, 0) is 36.8 Å². The molecular weight excluding hydrogens is 364 g/mol. The predicted molar refractivity (Wildman–Crippen MR) is 107 cm³/mol. The van der Waals surface area contributed by atoms with Crippen LogP contribution in [-0.2, 0) is 12.3 Å². The molecule has 3 rings (SSSR count). The van der Waals surface area contributed by atoms with E-state index in [9.17, 15) is 4.79 Å². The van der Waals surface area contributed by atoms with Crippen LogP contribution in [0.3, 0.4) is 0 Å². The summed E-state index contributed by atoms with van der Waals surface area (Å²) in [5, 5.41) is 5.03. The number of hydrogen-bond donors (Lipinski definition) is 1. The maximum absolute atomic E-state index is 12.6. The van der Waals surface area contributed by atoms with E-state index in [0.717, 1.165) is 27.7 Å². The summed E-state index contributed by atoms with van der Waals surface area (Å²) in [6, 6.07) is 15.4. The Labute approximate surface area is 161 Å². The van der Waals surface area contributed by atoms with E-state index in [1.165, 1.54) is 0 Å². The standard InChI is InChI=1S/C20H20N2O2S2/c1-2-24-17-7-5-6-15(10-17)11-21-20(23)18-8-3-4-9-19(18)26-13-16-12-25-14-22-16/h3-10,12,14H,2,11,13H2,1H3,(H,21,23). The molecule has 1 aromatic heterocycles. The average molecular weight is 385 g/mol. The van der Waals surface area contributed by atoms with Crippen LogP contribution in [0, 0.1) is 0 Å². The van der Waals surface area contributed by atoms with Crippen molar-refractivity contribution in [2.75, 3.05) is 6.61 Å². The van der Waals surface area contributed by atoms with Crippen molar-refractivity contribution in [2.24, 2.45) is 0 Å². The van der Waals surface area contributed by atoms with E-state index in [-0.39, 0.29) is 5.91 Å². The van der Waals surface area contributed by atoms with E-state index in [0.29, 0.717) is 18.7 Å². The fraction of sp³-hybridized carbons (Fsp3) is 0.200. The van der Waals surface area contributed by atoms with Crippen molar-refractivity contribution in [1.29, 1.82) is 0 Å². The molecule has 0 saturated carbocycles. The lowest BCUT2D eigenvalue weighted by atomic mass is 10.2. The lowest BCUT2D eigenvalue weighted by molar-refractivity contribution is 0.0948. The molecule has 1 N–H and O–H groups in total. The molecule has 134 valence electrons. The highest BCUT2D eigenvalue weighted by molar-refractivity contribution is 7.98. The Morgan fingerprint density at radius 1 is 1.23 bits per heavy atom. The van der Waals surface area contributed by atoms with Crippen LogP contribution in [0.25, 0.3) is 0 Å². The van der Waals surface area contributed by atoms with Crippen molar-refractivity contribution in [3.8, 4) is 5.75 Å². The van der Waals surface area contributed by atoms with Gasteiger partial charge in [-0.1, -0.05) is 24.3 Å². The molecule has 26 heavy (non-hydrogen) atoms. The number of thiazole rings is 1. The molecule has 0 spiro atoms. The van der Waals surface area contributed by atoms with Crippen LogP contribution in [0.4, 0.5) is 0 Å². The van der Waals surface area contributed by atoms with E-state index in [2.05, 4.69) is 10.3 Å². The molecule has 0 fully saturated rings. The summed E-state index contributed by atoms with van der Waals surface area (Å²) in [6.07, 6.45) is 0. The van der Waals surface area contributed by atoms with Gasteiger partial charge < -0.3 is 10.1 Å². The van der Waals surface area contributed by atoms with Crippen molar-refractivity contribution in [2.45, 2.75) is 24.1 Å². The number of carbonyl (C=O) groups excluding carboxylic acids is 1. The largest absolute Gasteiger partial charge is 0.494 e. The molecule has 0 unspecified atom stereocenters. The van der Waals surface area contributed by atoms with Crippen molar-refractivity contribution in [3.05, 3.63) is 76.2 Å². The highest BCUT2D eigenvalue weighted by atomic mass is 32.2. The summed E-state index contributed by atoms with van der Waals surface area (Å²) in [6.45, 7) is 3.04. The smallest absolute Gasteiger partial charge is 0.252 e. The minimum atomic E-state index is -0.0757. The van der Waals surface area contributed by atoms with Gasteiger partial charge in [0.05, 0.1) is 23.4 Å². The van der Waals surface area contributed by atoms with E-state index < -0.39 is 0 Å². The normalized spacial score (nSPS) is 10.5. The van der Waals surface area contributed by atoms with Crippen LogP contribution >= 0.6 is 23.1 Å².